The van der Waals surface area contributed by atoms with E-state index in [0.29, 0.717) is 0 Å². The zero-order valence-electron chi connectivity index (χ0n) is 13.8. The number of hydrogen-bond acceptors (Lipinski definition) is 6. The van der Waals surface area contributed by atoms with Crippen LogP contribution < -0.4 is 4.90 Å². The number of furan rings is 1. The molecule has 0 bridgehead atoms. The molecule has 6 nitrogen and oxygen atoms in total. The highest BCUT2D eigenvalue weighted by molar-refractivity contribution is 7.99. The van der Waals surface area contributed by atoms with Crippen molar-refractivity contribution in [1.29, 1.82) is 0 Å². The molecule has 1 aliphatic rings. The third kappa shape index (κ3) is 3.14. The maximum Gasteiger partial charge on any atom is 0.167 e. The molecule has 0 N–H and O–H groups in total. The highest BCUT2D eigenvalue weighted by atomic mass is 32.2. The van der Waals surface area contributed by atoms with Crippen LogP contribution in [0.4, 0.5) is 5.82 Å². The van der Waals surface area contributed by atoms with Crippen molar-refractivity contribution in [2.24, 2.45) is 7.05 Å². The Labute approximate surface area is 145 Å². The van der Waals surface area contributed by atoms with Crippen LogP contribution >= 0.6 is 11.8 Å². The Morgan fingerprint density at radius 3 is 2.79 bits per heavy atom. The smallest absolute Gasteiger partial charge is 0.167 e. The number of thioether (sulfide) groups is 1. The van der Waals surface area contributed by atoms with E-state index in [1.165, 1.54) is 0 Å². The molecule has 0 radical (unpaired) electrons. The van der Waals surface area contributed by atoms with E-state index >= 15 is 0 Å². The molecule has 1 saturated heterocycles. The number of aryl methyl sites for hydroxylation is 1. The fourth-order valence-corrected chi connectivity index (χ4v) is 4.00. The quantitative estimate of drug-likeness (QED) is 0.664. The van der Waals surface area contributed by atoms with E-state index in [9.17, 15) is 0 Å². The van der Waals surface area contributed by atoms with E-state index in [0.717, 1.165) is 60.4 Å². The molecule has 4 heterocycles. The van der Waals surface area contributed by atoms with Crippen LogP contribution in [0.25, 0.3) is 11.0 Å². The van der Waals surface area contributed by atoms with Gasteiger partial charge in [0.25, 0.3) is 0 Å². The Hall–Kier alpha value is -1.99. The maximum absolute atomic E-state index is 5.48. The average molecular weight is 343 g/mol. The standard InChI is InChI=1S/C17H21N5OS/c1-20-6-5-19-17(20)24-13-11-21-7-9-22(10-8-21)16-14-3-12-23-15(14)2-4-18-16/h2-6,12H,7-11,13H2,1H3. The van der Waals surface area contributed by atoms with Crippen LogP contribution in [-0.4, -0.2) is 57.9 Å². The fourth-order valence-electron chi connectivity index (χ4n) is 3.07. The molecule has 1 fully saturated rings. The summed E-state index contributed by atoms with van der Waals surface area (Å²) in [6.07, 6.45) is 7.41. The predicted octanol–water partition coefficient (Wildman–Crippen LogP) is 2.48. The van der Waals surface area contributed by atoms with Crippen LogP contribution in [0.5, 0.6) is 0 Å². The van der Waals surface area contributed by atoms with Crippen molar-refractivity contribution in [3.05, 3.63) is 37.0 Å². The van der Waals surface area contributed by atoms with Crippen LogP contribution in [0, 0.1) is 0 Å². The normalized spacial score (nSPS) is 16.1. The summed E-state index contributed by atoms with van der Waals surface area (Å²) in [6.45, 7) is 5.23. The van der Waals surface area contributed by atoms with Gasteiger partial charge in [-0.15, -0.1) is 0 Å². The summed E-state index contributed by atoms with van der Waals surface area (Å²) >= 11 is 1.82. The topological polar surface area (TPSA) is 50.3 Å². The van der Waals surface area contributed by atoms with Crippen LogP contribution in [0.15, 0.2) is 46.6 Å². The number of nitrogens with zero attached hydrogens (tertiary/aromatic N) is 5. The Kier molecular flexibility index (Phi) is 4.44. The molecule has 0 atom stereocenters. The van der Waals surface area contributed by atoms with E-state index in [1.54, 1.807) is 6.26 Å². The second-order valence-corrected chi connectivity index (χ2v) is 7.03. The minimum atomic E-state index is 0.911. The molecule has 4 rings (SSSR count). The third-order valence-electron chi connectivity index (χ3n) is 4.45. The van der Waals surface area contributed by atoms with Crippen LogP contribution in [-0.2, 0) is 7.05 Å². The van der Waals surface area contributed by atoms with Gasteiger partial charge in [-0.2, -0.15) is 0 Å². The summed E-state index contributed by atoms with van der Waals surface area (Å²) in [7, 11) is 2.04. The summed E-state index contributed by atoms with van der Waals surface area (Å²) in [5, 5.41) is 2.20. The van der Waals surface area contributed by atoms with Gasteiger partial charge in [-0.3, -0.25) is 4.90 Å². The third-order valence-corrected chi connectivity index (χ3v) is 5.48. The first kappa shape index (κ1) is 15.5. The van der Waals surface area contributed by atoms with Gasteiger partial charge in [0.2, 0.25) is 0 Å². The molecule has 24 heavy (non-hydrogen) atoms. The number of aromatic nitrogens is 3. The Morgan fingerprint density at radius 2 is 2.00 bits per heavy atom. The number of rotatable bonds is 5. The largest absolute Gasteiger partial charge is 0.464 e. The van der Waals surface area contributed by atoms with Gasteiger partial charge in [-0.25, -0.2) is 9.97 Å². The zero-order valence-corrected chi connectivity index (χ0v) is 14.6. The van der Waals surface area contributed by atoms with Crippen molar-refractivity contribution in [3.63, 3.8) is 0 Å². The lowest BCUT2D eigenvalue weighted by atomic mass is 10.2. The first-order chi connectivity index (χ1) is 11.8. The predicted molar refractivity (Wildman–Crippen MR) is 96.6 cm³/mol. The Bertz CT molecular complexity index is 806. The number of pyridine rings is 1. The van der Waals surface area contributed by atoms with Gasteiger partial charge in [0.05, 0.1) is 11.6 Å². The average Bonchev–Trinajstić information content (AvgIpc) is 3.24. The number of hydrogen-bond donors (Lipinski definition) is 0. The number of fused-ring (bicyclic) bond motifs is 1. The summed E-state index contributed by atoms with van der Waals surface area (Å²) in [5.41, 5.74) is 0.911. The number of anilines is 1. The SMILES string of the molecule is Cn1ccnc1SCCN1CCN(c2nccc3occc23)CC1. The van der Waals surface area contributed by atoms with E-state index in [-0.39, 0.29) is 0 Å². The molecule has 3 aromatic heterocycles. The van der Waals surface area contributed by atoms with Crippen molar-refractivity contribution < 1.29 is 4.42 Å². The lowest BCUT2D eigenvalue weighted by Gasteiger charge is -2.35. The number of piperazine rings is 1. The molecule has 0 spiro atoms. The Morgan fingerprint density at radius 1 is 1.12 bits per heavy atom. The van der Waals surface area contributed by atoms with Crippen molar-refractivity contribution in [3.8, 4) is 0 Å². The molecule has 0 saturated carbocycles. The summed E-state index contributed by atoms with van der Waals surface area (Å²) in [6, 6.07) is 3.93. The minimum Gasteiger partial charge on any atom is -0.464 e. The summed E-state index contributed by atoms with van der Waals surface area (Å²) < 4.78 is 7.55. The van der Waals surface area contributed by atoms with Crippen LogP contribution in [0.2, 0.25) is 0 Å². The molecule has 0 unspecified atom stereocenters. The van der Waals surface area contributed by atoms with Gasteiger partial charge < -0.3 is 13.9 Å². The van der Waals surface area contributed by atoms with Crippen LogP contribution in [0.3, 0.4) is 0 Å². The fraction of sp³-hybridized carbons (Fsp3) is 0.412. The van der Waals surface area contributed by atoms with Crippen molar-refractivity contribution >= 4 is 28.5 Å². The lowest BCUT2D eigenvalue weighted by molar-refractivity contribution is 0.273. The lowest BCUT2D eigenvalue weighted by Crippen LogP contribution is -2.47. The van der Waals surface area contributed by atoms with Crippen molar-refractivity contribution in [2.45, 2.75) is 5.16 Å². The second-order valence-electron chi connectivity index (χ2n) is 5.96. The molecule has 3 aromatic rings. The molecular formula is C17H21N5OS. The second kappa shape index (κ2) is 6.86. The van der Waals surface area contributed by atoms with Gasteiger partial charge in [-0.05, 0) is 12.1 Å². The van der Waals surface area contributed by atoms with Crippen molar-refractivity contribution in [1.82, 2.24) is 19.4 Å². The number of imidazole rings is 1. The van der Waals surface area contributed by atoms with Gasteiger partial charge in [-0.1, -0.05) is 11.8 Å². The molecule has 7 heteroatoms. The minimum absolute atomic E-state index is 0.911. The summed E-state index contributed by atoms with van der Waals surface area (Å²) in [5.74, 6) is 2.11. The van der Waals surface area contributed by atoms with Crippen molar-refractivity contribution in [2.75, 3.05) is 43.4 Å². The van der Waals surface area contributed by atoms with E-state index in [4.69, 9.17) is 4.42 Å². The summed E-state index contributed by atoms with van der Waals surface area (Å²) in [4.78, 5) is 13.8. The van der Waals surface area contributed by atoms with E-state index in [2.05, 4.69) is 24.3 Å². The molecule has 0 aromatic carbocycles. The molecule has 1 aliphatic heterocycles. The highest BCUT2D eigenvalue weighted by Crippen LogP contribution is 2.26. The molecule has 0 aliphatic carbocycles. The monoisotopic (exact) mass is 343 g/mol. The van der Waals surface area contributed by atoms with E-state index in [1.807, 2.05) is 49.5 Å². The highest BCUT2D eigenvalue weighted by Gasteiger charge is 2.20. The zero-order chi connectivity index (χ0) is 16.4. The van der Waals surface area contributed by atoms with E-state index < -0.39 is 0 Å². The molecular weight excluding hydrogens is 322 g/mol. The first-order valence-corrected chi connectivity index (χ1v) is 9.19. The Balaban J connectivity index is 1.30. The van der Waals surface area contributed by atoms with Gasteiger partial charge in [0.15, 0.2) is 5.16 Å². The first-order valence-electron chi connectivity index (χ1n) is 8.21. The molecule has 126 valence electrons. The van der Waals surface area contributed by atoms with Crippen LogP contribution in [0.1, 0.15) is 0 Å². The van der Waals surface area contributed by atoms with Gasteiger partial charge >= 0.3 is 0 Å². The maximum atomic E-state index is 5.48. The van der Waals surface area contributed by atoms with Gasteiger partial charge in [0, 0.05) is 64.1 Å². The van der Waals surface area contributed by atoms with Gasteiger partial charge in [0.1, 0.15) is 11.4 Å². The molecule has 0 amide bonds.